The highest BCUT2D eigenvalue weighted by atomic mass is 32.2. The van der Waals surface area contributed by atoms with Crippen LogP contribution < -0.4 is 15.5 Å². The topological polar surface area (TPSA) is 132 Å². The molecule has 0 aliphatic carbocycles. The van der Waals surface area contributed by atoms with E-state index in [2.05, 4.69) is 20.6 Å². The van der Waals surface area contributed by atoms with Crippen LogP contribution >= 0.6 is 23.1 Å². The minimum atomic E-state index is -0.736. The van der Waals surface area contributed by atoms with Gasteiger partial charge in [-0.2, -0.15) is 0 Å². The van der Waals surface area contributed by atoms with Gasteiger partial charge in [-0.3, -0.25) is 10.1 Å². The zero-order valence-corrected chi connectivity index (χ0v) is 12.4. The Kier molecular flexibility index (Phi) is 4.99. The van der Waals surface area contributed by atoms with Crippen LogP contribution in [-0.2, 0) is 11.3 Å². The average molecular weight is 331 g/mol. The zero-order chi connectivity index (χ0) is 15.2. The largest absolute Gasteiger partial charge is 0.364 e. The van der Waals surface area contributed by atoms with E-state index >= 15 is 0 Å². The molecule has 0 saturated carbocycles. The summed E-state index contributed by atoms with van der Waals surface area (Å²) in [5, 5.41) is 24.0. The Hall–Kier alpha value is -2.28. The Labute approximate surface area is 126 Å². The number of thioether (sulfide) groups is 1. The van der Waals surface area contributed by atoms with E-state index < -0.39 is 5.03 Å². The van der Waals surface area contributed by atoms with Crippen LogP contribution in [0.1, 0.15) is 6.92 Å². The van der Waals surface area contributed by atoms with Crippen LogP contribution in [0.15, 0.2) is 17.0 Å². The predicted octanol–water partition coefficient (Wildman–Crippen LogP) is -0.492. The molecule has 21 heavy (non-hydrogen) atoms. The van der Waals surface area contributed by atoms with Crippen molar-refractivity contribution in [3.8, 4) is 0 Å². The molecule has 2 N–H and O–H groups in total. The van der Waals surface area contributed by atoms with Gasteiger partial charge in [0.1, 0.15) is 5.10 Å². The Bertz CT molecular complexity index is 641. The fraction of sp³-hybridized carbons (Fsp3) is 0.375. The fourth-order valence-corrected chi connectivity index (χ4v) is 2.97. The molecule has 0 saturated heterocycles. The quantitative estimate of drug-likeness (QED) is 0.228. The maximum atomic E-state index is 11.8. The molecule has 2 heterocycles. The van der Waals surface area contributed by atoms with Crippen LogP contribution in [-0.4, -0.2) is 36.7 Å². The van der Waals surface area contributed by atoms with Gasteiger partial charge in [0.25, 0.3) is 5.91 Å². The second-order valence-corrected chi connectivity index (χ2v) is 6.05. The Morgan fingerprint density at radius 2 is 2.43 bits per heavy atom. The van der Waals surface area contributed by atoms with Gasteiger partial charge in [0, 0.05) is 5.03 Å². The molecular formula is C8H11N8O3S2+. The van der Waals surface area contributed by atoms with Crippen molar-refractivity contribution in [1.29, 1.82) is 0 Å². The highest BCUT2D eigenvalue weighted by Gasteiger charge is 2.17. The van der Waals surface area contributed by atoms with Crippen molar-refractivity contribution in [3.63, 3.8) is 0 Å². The number of rotatable bonds is 7. The lowest BCUT2D eigenvalue weighted by molar-refractivity contribution is -0.774. The minimum Gasteiger partial charge on any atom is -0.339 e. The third-order valence-corrected chi connectivity index (χ3v) is 3.86. The highest BCUT2D eigenvalue weighted by Crippen LogP contribution is 2.24. The van der Waals surface area contributed by atoms with E-state index in [9.17, 15) is 14.9 Å². The summed E-state index contributed by atoms with van der Waals surface area (Å²) in [6.07, 6.45) is 2.46. The van der Waals surface area contributed by atoms with Crippen molar-refractivity contribution in [2.75, 3.05) is 16.6 Å². The van der Waals surface area contributed by atoms with Gasteiger partial charge in [-0.25, -0.2) is 0 Å². The summed E-state index contributed by atoms with van der Waals surface area (Å²) < 4.78 is 3.04. The molecule has 0 fully saturated rings. The van der Waals surface area contributed by atoms with Gasteiger partial charge in [-0.1, -0.05) is 34.7 Å². The number of hydrazine groups is 1. The SMILES string of the molecule is CCSc1nnc(NC(=O)Cn2c[n+](N[N+](=O)[O-])cn2)s1. The van der Waals surface area contributed by atoms with Gasteiger partial charge in [0.2, 0.25) is 11.7 Å². The first-order valence-electron chi connectivity index (χ1n) is 5.67. The number of anilines is 1. The first-order valence-corrected chi connectivity index (χ1v) is 7.48. The lowest BCUT2D eigenvalue weighted by Crippen LogP contribution is -2.46. The van der Waals surface area contributed by atoms with Gasteiger partial charge in [0.15, 0.2) is 4.34 Å². The third-order valence-electron chi connectivity index (χ3n) is 2.01. The van der Waals surface area contributed by atoms with E-state index in [1.54, 1.807) is 0 Å². The first-order chi connectivity index (χ1) is 10.1. The number of aromatic nitrogens is 5. The van der Waals surface area contributed by atoms with Gasteiger partial charge < -0.3 is 10.1 Å². The van der Waals surface area contributed by atoms with Crippen LogP contribution in [0, 0.1) is 10.1 Å². The molecule has 112 valence electrons. The smallest absolute Gasteiger partial charge is 0.339 e. The molecule has 0 spiro atoms. The Balaban J connectivity index is 1.88. The van der Waals surface area contributed by atoms with Gasteiger partial charge >= 0.3 is 12.7 Å². The first kappa shape index (κ1) is 15.1. The maximum Gasteiger partial charge on any atom is 0.364 e. The molecule has 0 unspecified atom stereocenters. The number of carbonyl (C=O) groups is 1. The van der Waals surface area contributed by atoms with Crippen LogP contribution in [0.3, 0.4) is 0 Å². The molecule has 2 rings (SSSR count). The molecule has 1 amide bonds. The molecule has 11 nitrogen and oxygen atoms in total. The second kappa shape index (κ2) is 6.94. The number of carbonyl (C=O) groups excluding carboxylic acids is 1. The summed E-state index contributed by atoms with van der Waals surface area (Å²) in [7, 11) is 0. The van der Waals surface area contributed by atoms with Crippen LogP contribution in [0.25, 0.3) is 0 Å². The summed E-state index contributed by atoms with van der Waals surface area (Å²) in [5.74, 6) is 0.523. The zero-order valence-electron chi connectivity index (χ0n) is 10.8. The van der Waals surface area contributed by atoms with Crippen molar-refractivity contribution in [3.05, 3.63) is 22.8 Å². The molecule has 0 aromatic carbocycles. The summed E-state index contributed by atoms with van der Waals surface area (Å²) in [6.45, 7) is 1.90. The van der Waals surface area contributed by atoms with Gasteiger partial charge in [-0.05, 0) is 16.0 Å². The molecule has 13 heteroatoms. The number of nitrogens with one attached hydrogen (secondary N) is 2. The molecule has 0 aliphatic heterocycles. The standard InChI is InChI=1S/C8H10N8O3S2/c1-2-20-8-12-11-7(21-8)10-6(17)3-14-5-15(4-9-14)13-16(18)19/h4-5,13H,2-3H2,1H3/p+1. The number of hydrogen-bond donors (Lipinski definition) is 2. The van der Waals surface area contributed by atoms with Gasteiger partial charge in [0.05, 0.1) is 0 Å². The predicted molar refractivity (Wildman–Crippen MR) is 73.7 cm³/mol. The van der Waals surface area contributed by atoms with E-state index in [1.165, 1.54) is 40.4 Å². The highest BCUT2D eigenvalue weighted by molar-refractivity contribution is 8.01. The number of nitrogens with zero attached hydrogens (tertiary/aromatic N) is 6. The van der Waals surface area contributed by atoms with E-state index in [0.29, 0.717) is 5.13 Å². The van der Waals surface area contributed by atoms with E-state index in [-0.39, 0.29) is 12.5 Å². The summed E-state index contributed by atoms with van der Waals surface area (Å²) in [6, 6.07) is 0. The lowest BCUT2D eigenvalue weighted by atomic mass is 10.6. The monoisotopic (exact) mass is 331 g/mol. The van der Waals surface area contributed by atoms with Gasteiger partial charge in [-0.15, -0.1) is 10.2 Å². The number of nitro groups is 1. The molecule has 2 aromatic rings. The molecule has 0 radical (unpaired) electrons. The molecular weight excluding hydrogens is 320 g/mol. The Morgan fingerprint density at radius 1 is 1.62 bits per heavy atom. The Morgan fingerprint density at radius 3 is 3.14 bits per heavy atom. The summed E-state index contributed by atoms with van der Waals surface area (Å²) in [4.78, 5) is 22.0. The van der Waals surface area contributed by atoms with Crippen molar-refractivity contribution < 1.29 is 14.5 Å². The number of hydrogen-bond acceptors (Lipinski definition) is 8. The third kappa shape index (κ3) is 4.64. The lowest BCUT2D eigenvalue weighted by Gasteiger charge is -1.95. The van der Waals surface area contributed by atoms with E-state index in [0.717, 1.165) is 14.8 Å². The minimum absolute atomic E-state index is 0.0950. The van der Waals surface area contributed by atoms with Crippen molar-refractivity contribution in [2.24, 2.45) is 0 Å². The molecule has 0 aliphatic rings. The van der Waals surface area contributed by atoms with Crippen molar-refractivity contribution >= 4 is 34.1 Å². The average Bonchev–Trinajstić information content (AvgIpc) is 2.99. The normalized spacial score (nSPS) is 10.3. The molecule has 2 aromatic heterocycles. The summed E-state index contributed by atoms with van der Waals surface area (Å²) >= 11 is 2.82. The van der Waals surface area contributed by atoms with E-state index in [1.807, 2.05) is 12.5 Å². The van der Waals surface area contributed by atoms with Crippen LogP contribution in [0.4, 0.5) is 5.13 Å². The summed E-state index contributed by atoms with van der Waals surface area (Å²) in [5.41, 5.74) is 1.87. The fourth-order valence-electron chi connectivity index (χ4n) is 1.30. The maximum absolute atomic E-state index is 11.8. The molecule has 0 bridgehead atoms. The number of amides is 1. The molecule has 0 atom stereocenters. The van der Waals surface area contributed by atoms with Crippen LogP contribution in [0.2, 0.25) is 0 Å². The second-order valence-electron chi connectivity index (χ2n) is 3.56. The van der Waals surface area contributed by atoms with Crippen LogP contribution in [0.5, 0.6) is 0 Å². The van der Waals surface area contributed by atoms with E-state index in [4.69, 9.17) is 0 Å². The van der Waals surface area contributed by atoms with Crippen molar-refractivity contribution in [1.82, 2.24) is 20.0 Å². The van der Waals surface area contributed by atoms with Crippen molar-refractivity contribution in [2.45, 2.75) is 17.8 Å².